The number of hydrogen-bond donors (Lipinski definition) is 2. The Morgan fingerprint density at radius 1 is 1.35 bits per heavy atom. The molecule has 2 rings (SSSR count). The number of allylic oxidation sites excluding steroid dienone is 1. The average molecular weight is 427 g/mol. The van der Waals surface area contributed by atoms with Crippen LogP contribution in [0.4, 0.5) is 4.79 Å². The van der Waals surface area contributed by atoms with Gasteiger partial charge in [-0.05, 0) is 61.3 Å². The minimum absolute atomic E-state index is 0.275. The van der Waals surface area contributed by atoms with Gasteiger partial charge in [-0.15, -0.1) is 0 Å². The molecule has 1 unspecified atom stereocenters. The summed E-state index contributed by atoms with van der Waals surface area (Å²) in [7, 11) is 1.55. The number of hydrogen-bond acceptors (Lipinski definition) is 5. The highest BCUT2D eigenvalue weighted by molar-refractivity contribution is 9.10. The maximum Gasteiger partial charge on any atom is 0.338 e. The van der Waals surface area contributed by atoms with Gasteiger partial charge in [0.15, 0.2) is 11.5 Å². The SMILES string of the molecule is CCOc1cc(C2NC(=O)NC(C)=C2C(=O)OC(C)C)cc(Br)c1OC. The van der Waals surface area contributed by atoms with Crippen LogP contribution in [0, 0.1) is 0 Å². The quantitative estimate of drug-likeness (QED) is 0.680. The maximum atomic E-state index is 12.6. The lowest BCUT2D eigenvalue weighted by Gasteiger charge is -2.29. The molecule has 26 heavy (non-hydrogen) atoms. The predicted octanol–water partition coefficient (Wildman–Crippen LogP) is 3.44. The molecule has 142 valence electrons. The summed E-state index contributed by atoms with van der Waals surface area (Å²) in [5.41, 5.74) is 1.47. The van der Waals surface area contributed by atoms with E-state index in [-0.39, 0.29) is 6.10 Å². The highest BCUT2D eigenvalue weighted by atomic mass is 79.9. The van der Waals surface area contributed by atoms with Gasteiger partial charge < -0.3 is 24.8 Å². The van der Waals surface area contributed by atoms with Gasteiger partial charge >= 0.3 is 12.0 Å². The molecule has 7 nitrogen and oxygen atoms in total. The number of amides is 2. The van der Waals surface area contributed by atoms with Crippen molar-refractivity contribution < 1.29 is 23.8 Å². The van der Waals surface area contributed by atoms with Crippen LogP contribution < -0.4 is 20.1 Å². The topological polar surface area (TPSA) is 85.9 Å². The second kappa shape index (κ2) is 8.44. The van der Waals surface area contributed by atoms with Crippen molar-refractivity contribution in [2.45, 2.75) is 39.8 Å². The molecule has 1 aliphatic rings. The maximum absolute atomic E-state index is 12.6. The van der Waals surface area contributed by atoms with Gasteiger partial charge in [0, 0.05) is 5.70 Å². The van der Waals surface area contributed by atoms with Gasteiger partial charge in [0.2, 0.25) is 0 Å². The minimum atomic E-state index is -0.670. The fourth-order valence-electron chi connectivity index (χ4n) is 2.71. The molecule has 2 N–H and O–H groups in total. The van der Waals surface area contributed by atoms with Crippen molar-refractivity contribution in [3.8, 4) is 11.5 Å². The monoisotopic (exact) mass is 426 g/mol. The fraction of sp³-hybridized carbons (Fsp3) is 0.444. The molecular weight excluding hydrogens is 404 g/mol. The minimum Gasteiger partial charge on any atom is -0.492 e. The van der Waals surface area contributed by atoms with Crippen molar-refractivity contribution in [1.82, 2.24) is 10.6 Å². The average Bonchev–Trinajstić information content (AvgIpc) is 2.53. The Morgan fingerprint density at radius 2 is 2.04 bits per heavy atom. The number of carbonyl (C=O) groups is 2. The summed E-state index contributed by atoms with van der Waals surface area (Å²) >= 11 is 3.46. The van der Waals surface area contributed by atoms with Crippen molar-refractivity contribution in [2.75, 3.05) is 13.7 Å². The second-order valence-corrected chi connectivity index (χ2v) is 6.85. The van der Waals surface area contributed by atoms with Crippen LogP contribution in [-0.2, 0) is 9.53 Å². The third kappa shape index (κ3) is 4.30. The van der Waals surface area contributed by atoms with Crippen molar-refractivity contribution in [3.05, 3.63) is 33.4 Å². The third-order valence-corrected chi connectivity index (χ3v) is 4.29. The van der Waals surface area contributed by atoms with E-state index in [1.165, 1.54) is 0 Å². The summed E-state index contributed by atoms with van der Waals surface area (Å²) in [4.78, 5) is 24.6. The Morgan fingerprint density at radius 3 is 2.62 bits per heavy atom. The molecule has 2 amide bonds. The smallest absolute Gasteiger partial charge is 0.338 e. The zero-order chi connectivity index (χ0) is 19.4. The van der Waals surface area contributed by atoms with Gasteiger partial charge in [-0.25, -0.2) is 9.59 Å². The number of nitrogens with one attached hydrogen (secondary N) is 2. The van der Waals surface area contributed by atoms with Crippen LogP contribution in [0.15, 0.2) is 27.9 Å². The molecule has 0 saturated carbocycles. The van der Waals surface area contributed by atoms with Crippen LogP contribution in [-0.4, -0.2) is 31.8 Å². The van der Waals surface area contributed by atoms with E-state index >= 15 is 0 Å². The molecule has 0 aromatic heterocycles. The normalized spacial score (nSPS) is 16.9. The molecule has 0 radical (unpaired) electrons. The van der Waals surface area contributed by atoms with E-state index in [4.69, 9.17) is 14.2 Å². The Balaban J connectivity index is 2.54. The van der Waals surface area contributed by atoms with Crippen molar-refractivity contribution in [3.63, 3.8) is 0 Å². The molecule has 1 heterocycles. The first-order chi connectivity index (χ1) is 12.3. The zero-order valence-electron chi connectivity index (χ0n) is 15.4. The van der Waals surface area contributed by atoms with Crippen molar-refractivity contribution >= 4 is 27.9 Å². The lowest BCUT2D eigenvalue weighted by Crippen LogP contribution is -2.45. The molecule has 0 saturated heterocycles. The third-order valence-electron chi connectivity index (χ3n) is 3.70. The molecule has 1 aromatic carbocycles. The van der Waals surface area contributed by atoms with E-state index in [9.17, 15) is 9.59 Å². The number of benzene rings is 1. The van der Waals surface area contributed by atoms with E-state index in [1.807, 2.05) is 6.92 Å². The molecule has 0 aliphatic carbocycles. The van der Waals surface area contributed by atoms with Gasteiger partial charge in [-0.2, -0.15) is 0 Å². The van der Waals surface area contributed by atoms with Crippen molar-refractivity contribution in [1.29, 1.82) is 0 Å². The molecular formula is C18H23BrN2O5. The predicted molar refractivity (Wildman–Crippen MR) is 100 cm³/mol. The van der Waals surface area contributed by atoms with E-state index in [2.05, 4.69) is 26.6 Å². The molecule has 8 heteroatoms. The molecule has 1 atom stereocenters. The fourth-order valence-corrected chi connectivity index (χ4v) is 3.33. The molecule has 1 aliphatic heterocycles. The van der Waals surface area contributed by atoms with Crippen molar-refractivity contribution in [2.24, 2.45) is 0 Å². The number of ether oxygens (including phenoxy) is 3. The van der Waals surface area contributed by atoms with Crippen LogP contribution in [0.1, 0.15) is 39.3 Å². The van der Waals surface area contributed by atoms with Crippen LogP contribution in [0.25, 0.3) is 0 Å². The Kier molecular flexibility index (Phi) is 6.52. The number of carbonyl (C=O) groups excluding carboxylic acids is 2. The largest absolute Gasteiger partial charge is 0.492 e. The summed E-state index contributed by atoms with van der Waals surface area (Å²) in [6.07, 6.45) is -0.275. The van der Waals surface area contributed by atoms with Gasteiger partial charge in [-0.3, -0.25) is 0 Å². The summed E-state index contributed by atoms with van der Waals surface area (Å²) in [6.45, 7) is 7.53. The standard InChI is InChI=1S/C18H23BrN2O5/c1-6-25-13-8-11(7-12(19)16(13)24-5)15-14(17(22)26-9(2)3)10(4)20-18(23)21-15/h7-9,15H,6H2,1-5H3,(H2,20,21,23). The zero-order valence-corrected chi connectivity index (χ0v) is 17.0. The number of rotatable bonds is 6. The Labute approximate surface area is 161 Å². The van der Waals surface area contributed by atoms with E-state index in [0.29, 0.717) is 39.4 Å². The van der Waals surface area contributed by atoms with Gasteiger partial charge in [0.05, 0.1) is 35.9 Å². The van der Waals surface area contributed by atoms with Gasteiger partial charge in [0.25, 0.3) is 0 Å². The van der Waals surface area contributed by atoms with E-state index < -0.39 is 18.0 Å². The lowest BCUT2D eigenvalue weighted by molar-refractivity contribution is -0.143. The summed E-state index contributed by atoms with van der Waals surface area (Å²) in [5.74, 6) is 0.573. The molecule has 0 spiro atoms. The molecule has 0 fully saturated rings. The van der Waals surface area contributed by atoms with E-state index in [0.717, 1.165) is 0 Å². The van der Waals surface area contributed by atoms with E-state index in [1.54, 1.807) is 40.0 Å². The highest BCUT2D eigenvalue weighted by Crippen LogP contribution is 2.40. The number of halogens is 1. The van der Waals surface area contributed by atoms with Crippen LogP contribution >= 0.6 is 15.9 Å². The number of urea groups is 1. The summed E-state index contributed by atoms with van der Waals surface area (Å²) in [6, 6.07) is 2.47. The lowest BCUT2D eigenvalue weighted by atomic mass is 9.95. The molecule has 0 bridgehead atoms. The Bertz CT molecular complexity index is 745. The Hall–Kier alpha value is -2.22. The van der Waals surface area contributed by atoms with Gasteiger partial charge in [-0.1, -0.05) is 0 Å². The van der Waals surface area contributed by atoms with Crippen LogP contribution in [0.5, 0.6) is 11.5 Å². The first kappa shape index (κ1) is 20.1. The first-order valence-corrected chi connectivity index (χ1v) is 9.07. The summed E-state index contributed by atoms with van der Waals surface area (Å²) < 4.78 is 17.0. The first-order valence-electron chi connectivity index (χ1n) is 8.27. The number of esters is 1. The van der Waals surface area contributed by atoms with Gasteiger partial charge in [0.1, 0.15) is 0 Å². The van der Waals surface area contributed by atoms with Crippen LogP contribution in [0.3, 0.4) is 0 Å². The summed E-state index contributed by atoms with van der Waals surface area (Å²) in [5, 5.41) is 5.40. The second-order valence-electron chi connectivity index (χ2n) is 5.99. The van der Waals surface area contributed by atoms with Crippen LogP contribution in [0.2, 0.25) is 0 Å². The highest BCUT2D eigenvalue weighted by Gasteiger charge is 2.33. The molecule has 1 aromatic rings. The number of methoxy groups -OCH3 is 1.